The Morgan fingerprint density at radius 1 is 0.944 bits per heavy atom. The lowest BCUT2D eigenvalue weighted by Gasteiger charge is -2.58. The van der Waals surface area contributed by atoms with Crippen LogP contribution in [0.15, 0.2) is 83.9 Å². The number of hydrogen-bond donors (Lipinski definition) is 4. The molecule has 2 saturated carbocycles. The summed E-state index contributed by atoms with van der Waals surface area (Å²) in [5.41, 5.74) is 5.19. The first kappa shape index (κ1) is 48.5. The number of nitrogens with zero attached hydrogens (tertiary/aromatic N) is 5. The number of nitro groups is 1. The van der Waals surface area contributed by atoms with E-state index in [1.54, 1.807) is 6.07 Å². The van der Waals surface area contributed by atoms with Crippen LogP contribution in [0.25, 0.3) is 11.0 Å². The van der Waals surface area contributed by atoms with Crippen molar-refractivity contribution in [3.05, 3.63) is 106 Å². The van der Waals surface area contributed by atoms with Crippen LogP contribution in [0, 0.1) is 21.4 Å². The third kappa shape index (κ3) is 9.41. The van der Waals surface area contributed by atoms with E-state index in [0.29, 0.717) is 79.8 Å². The highest BCUT2D eigenvalue weighted by atomic mass is 32.2. The van der Waals surface area contributed by atoms with Crippen LogP contribution in [0.1, 0.15) is 125 Å². The van der Waals surface area contributed by atoms with Gasteiger partial charge in [0.25, 0.3) is 21.6 Å². The fraction of sp³-hybridized carbons (Fsp3) is 0.527. The molecule has 6 heterocycles. The van der Waals surface area contributed by atoms with Crippen LogP contribution in [0.5, 0.6) is 5.88 Å². The number of hydrogen-bond acceptors (Lipinski definition) is 13. The molecule has 5 aromatic rings. The molecule has 0 bridgehead atoms. The van der Waals surface area contributed by atoms with E-state index < -0.39 is 43.1 Å². The Morgan fingerprint density at radius 3 is 2.50 bits per heavy atom. The molecule has 382 valence electrons. The van der Waals surface area contributed by atoms with Crippen molar-refractivity contribution < 1.29 is 32.7 Å². The third-order valence-electron chi connectivity index (χ3n) is 17.0. The number of aliphatic hydroxyl groups is 1. The van der Waals surface area contributed by atoms with Gasteiger partial charge in [-0.05, 0) is 141 Å². The molecule has 11 rings (SSSR count). The number of sulfonamides is 1. The maximum Gasteiger partial charge on any atom is 0.293 e. The van der Waals surface area contributed by atoms with Crippen molar-refractivity contribution in [3.8, 4) is 5.88 Å². The number of aromatic nitrogens is 2. The molecule has 4 atom stereocenters. The van der Waals surface area contributed by atoms with Crippen LogP contribution < -0.4 is 24.6 Å². The number of aromatic amines is 1. The zero-order chi connectivity index (χ0) is 49.9. The van der Waals surface area contributed by atoms with E-state index in [4.69, 9.17) is 14.5 Å². The minimum absolute atomic E-state index is 0.123. The van der Waals surface area contributed by atoms with Crippen molar-refractivity contribution in [1.29, 1.82) is 0 Å². The summed E-state index contributed by atoms with van der Waals surface area (Å²) in [6.07, 6.45) is 11.9. The molecule has 1 amide bonds. The van der Waals surface area contributed by atoms with E-state index in [1.165, 1.54) is 48.9 Å². The molecule has 0 unspecified atom stereocenters. The zero-order valence-electron chi connectivity index (χ0n) is 41.6. The summed E-state index contributed by atoms with van der Waals surface area (Å²) < 4.78 is 43.1. The summed E-state index contributed by atoms with van der Waals surface area (Å²) in [7, 11) is -4.61. The lowest BCUT2D eigenvalue weighted by atomic mass is 9.68. The predicted molar refractivity (Wildman–Crippen MR) is 278 cm³/mol. The van der Waals surface area contributed by atoms with E-state index in [2.05, 4.69) is 67.8 Å². The Labute approximate surface area is 422 Å². The molecule has 17 heteroatoms. The number of likely N-dealkylation sites (tertiary alicyclic amines) is 1. The van der Waals surface area contributed by atoms with E-state index in [1.807, 2.05) is 37.4 Å². The number of ether oxygens (including phenoxy) is 2. The van der Waals surface area contributed by atoms with Gasteiger partial charge in [0.15, 0.2) is 0 Å². The second-order valence-electron chi connectivity index (χ2n) is 22.2. The maximum absolute atomic E-state index is 14.7. The van der Waals surface area contributed by atoms with Gasteiger partial charge >= 0.3 is 0 Å². The minimum atomic E-state index is -4.61. The average molecular weight is 1000 g/mol. The van der Waals surface area contributed by atoms with Gasteiger partial charge < -0.3 is 34.7 Å². The van der Waals surface area contributed by atoms with E-state index in [0.717, 1.165) is 69.0 Å². The number of nitrogens with one attached hydrogen (secondary N) is 3. The fourth-order valence-corrected chi connectivity index (χ4v) is 13.9. The predicted octanol–water partition coefficient (Wildman–Crippen LogP) is 9.38. The molecular weight excluding hydrogens is 933 g/mol. The first-order valence-electron chi connectivity index (χ1n) is 26.2. The molecule has 72 heavy (non-hydrogen) atoms. The first-order chi connectivity index (χ1) is 34.6. The highest BCUT2D eigenvalue weighted by molar-refractivity contribution is 7.90. The van der Waals surface area contributed by atoms with E-state index >= 15 is 0 Å². The van der Waals surface area contributed by atoms with Crippen molar-refractivity contribution >= 4 is 55.4 Å². The largest absolute Gasteiger partial charge is 0.468 e. The second kappa shape index (κ2) is 19.3. The number of amides is 1. The Bertz CT molecular complexity index is 2950. The van der Waals surface area contributed by atoms with Crippen LogP contribution in [0.2, 0.25) is 0 Å². The lowest BCUT2D eigenvalue weighted by Crippen LogP contribution is -2.64. The molecule has 4 aliphatic heterocycles. The first-order valence-corrected chi connectivity index (χ1v) is 27.7. The van der Waals surface area contributed by atoms with Gasteiger partial charge in [-0.15, -0.1) is 0 Å². The van der Waals surface area contributed by atoms with Crippen LogP contribution in [0.3, 0.4) is 0 Å². The van der Waals surface area contributed by atoms with Crippen LogP contribution in [0.4, 0.5) is 28.4 Å². The summed E-state index contributed by atoms with van der Waals surface area (Å²) in [4.78, 5) is 41.4. The molecule has 2 aliphatic carbocycles. The Hall–Kier alpha value is -5.75. The van der Waals surface area contributed by atoms with Gasteiger partial charge in [-0.2, -0.15) is 4.98 Å². The molecule has 3 aromatic carbocycles. The summed E-state index contributed by atoms with van der Waals surface area (Å²) in [5, 5.41) is 26.8. The molecular formula is C55H68N8O8S. The molecule has 16 nitrogen and oxygen atoms in total. The van der Waals surface area contributed by atoms with Gasteiger partial charge in [-0.25, -0.2) is 13.1 Å². The monoisotopic (exact) mass is 1000 g/mol. The zero-order valence-corrected chi connectivity index (χ0v) is 42.5. The second-order valence-corrected chi connectivity index (χ2v) is 23.9. The molecule has 6 aliphatic rings. The fourth-order valence-electron chi connectivity index (χ4n) is 12.9. The number of anilines is 4. The molecule has 4 N–H and O–H groups in total. The number of carbonyl (C=O) groups is 1. The number of piperidine rings is 1. The normalized spacial score (nSPS) is 26.4. The molecule has 5 fully saturated rings. The highest BCUT2D eigenvalue weighted by Gasteiger charge is 2.49. The van der Waals surface area contributed by atoms with Crippen molar-refractivity contribution in [2.45, 2.75) is 132 Å². The number of benzene rings is 3. The third-order valence-corrected chi connectivity index (χ3v) is 18.4. The van der Waals surface area contributed by atoms with Crippen molar-refractivity contribution in [2.75, 3.05) is 61.1 Å². The van der Waals surface area contributed by atoms with Crippen molar-refractivity contribution in [1.82, 2.24) is 19.6 Å². The van der Waals surface area contributed by atoms with Crippen LogP contribution in [-0.4, -0.2) is 109 Å². The summed E-state index contributed by atoms with van der Waals surface area (Å²) in [5.74, 6) is 0.755. The number of H-pyrrole nitrogens is 1. The molecule has 0 radical (unpaired) electrons. The van der Waals surface area contributed by atoms with Crippen LogP contribution >= 0.6 is 0 Å². The van der Waals surface area contributed by atoms with Crippen molar-refractivity contribution in [2.24, 2.45) is 11.3 Å². The van der Waals surface area contributed by atoms with E-state index in [9.17, 15) is 28.4 Å². The Kier molecular flexibility index (Phi) is 13.0. The summed E-state index contributed by atoms with van der Waals surface area (Å²) in [6.45, 7) is 11.5. The van der Waals surface area contributed by atoms with Gasteiger partial charge in [0.1, 0.15) is 23.1 Å². The smallest absolute Gasteiger partial charge is 0.293 e. The average Bonchev–Trinajstić information content (AvgIpc) is 3.83. The minimum Gasteiger partial charge on any atom is -0.468 e. The SMILES string of the molecule is CC(C)c1ccccc1[C@@H]1CCCC[C@@H]1N1CC2(CCN(c3ccc(C(=O)NS(=O)(=O)c4ccc(NCC5CCC(C)(O)CC5)c([N+](=O)[O-])c4)c(N4c5cc6cc[nH]c6nc5O[C@H]5COCC[C@@H]54)c3)CC2)C1. The topological polar surface area (TPSA) is 196 Å². The molecule has 3 saturated heterocycles. The van der Waals surface area contributed by atoms with Crippen LogP contribution in [-0.2, 0) is 14.8 Å². The summed E-state index contributed by atoms with van der Waals surface area (Å²) >= 11 is 0. The number of carbonyl (C=O) groups excluding carboxylic acids is 1. The Morgan fingerprint density at radius 2 is 1.72 bits per heavy atom. The lowest BCUT2D eigenvalue weighted by molar-refractivity contribution is -0.384. The number of pyridine rings is 1. The Balaban J connectivity index is 0.864. The van der Waals surface area contributed by atoms with Gasteiger partial charge in [-0.3, -0.25) is 19.8 Å². The van der Waals surface area contributed by atoms with Gasteiger partial charge in [0.2, 0.25) is 5.88 Å². The van der Waals surface area contributed by atoms with E-state index in [-0.39, 0.29) is 28.6 Å². The number of fused-ring (bicyclic) bond motifs is 3. The number of rotatable bonds is 12. The van der Waals surface area contributed by atoms with Crippen molar-refractivity contribution in [3.63, 3.8) is 0 Å². The van der Waals surface area contributed by atoms with Gasteiger partial charge in [-0.1, -0.05) is 51.0 Å². The standard InChI is InChI=1S/C55H68N8O8S/c1-35(2)40-8-4-5-9-41(40)42-10-6-7-11-45(42)61-33-55(34-61)22-25-60(26-23-55)38-12-14-43(47(29-38)62-46-19-27-70-32-50(46)71-53-49(62)28-37-18-24-56-51(37)58-53)52(64)59-72(68,69)39-13-15-44(48(30-39)63(66)67)57-31-36-16-20-54(3,65)21-17-36/h4-5,8-9,12-15,18,24,28-30,35-36,42,45-46,50,57,65H,6-7,10-11,16-17,19-23,25-27,31-34H2,1-3H3,(H,56,58)(H,59,64)/t36?,42-,45-,46-,50-,54?/m0/s1. The highest BCUT2D eigenvalue weighted by Crippen LogP contribution is 2.50. The molecule has 1 spiro atoms. The van der Waals surface area contributed by atoms with Gasteiger partial charge in [0, 0.05) is 68.7 Å². The number of nitro benzene ring substituents is 1. The van der Waals surface area contributed by atoms with Gasteiger partial charge in [0.05, 0.1) is 39.3 Å². The quantitative estimate of drug-likeness (QED) is 0.0683. The summed E-state index contributed by atoms with van der Waals surface area (Å²) in [6, 6.07) is 22.6. The maximum atomic E-state index is 14.7. The molecule has 2 aromatic heterocycles.